The topological polar surface area (TPSA) is 46.5 Å². The molecule has 0 radical (unpaired) electrons. The van der Waals surface area contributed by atoms with Gasteiger partial charge in [0.25, 0.3) is 0 Å². The van der Waals surface area contributed by atoms with Gasteiger partial charge in [-0.25, -0.2) is 0 Å². The zero-order chi connectivity index (χ0) is 9.30. The van der Waals surface area contributed by atoms with Crippen molar-refractivity contribution in [1.82, 2.24) is 0 Å². The number of rotatable bonds is 1. The molecule has 1 heterocycles. The van der Waals surface area contributed by atoms with Crippen molar-refractivity contribution in [3.05, 3.63) is 0 Å². The molecule has 3 heteroatoms. The number of carbonyl (C=O) groups excluding carboxylic acids is 1. The zero-order valence-corrected chi connectivity index (χ0v) is 7.78. The number of hydrogen-bond donors (Lipinski definition) is 1. The van der Waals surface area contributed by atoms with Crippen molar-refractivity contribution in [3.63, 3.8) is 0 Å². The first-order chi connectivity index (χ1) is 5.57. The summed E-state index contributed by atoms with van der Waals surface area (Å²) in [6.45, 7) is 5.58. The fraction of sp³-hybridized carbons (Fsp3) is 0.889. The highest BCUT2D eigenvalue weighted by Crippen LogP contribution is 2.27. The van der Waals surface area contributed by atoms with Crippen LogP contribution in [0, 0.1) is 11.8 Å². The Balaban J connectivity index is 2.70. The second-order valence-electron chi connectivity index (χ2n) is 3.52. The summed E-state index contributed by atoms with van der Waals surface area (Å²) in [5.74, 6) is -0.585. The molecule has 1 saturated heterocycles. The third kappa shape index (κ3) is 1.46. The average molecular weight is 172 g/mol. The smallest absolute Gasteiger partial charge is 0.311 e. The summed E-state index contributed by atoms with van der Waals surface area (Å²) in [5.41, 5.74) is 0. The van der Waals surface area contributed by atoms with Gasteiger partial charge in [0.1, 0.15) is 6.10 Å². The summed E-state index contributed by atoms with van der Waals surface area (Å²) in [5, 5.41) is 9.62. The van der Waals surface area contributed by atoms with Crippen molar-refractivity contribution in [2.75, 3.05) is 0 Å². The van der Waals surface area contributed by atoms with Crippen molar-refractivity contribution in [2.24, 2.45) is 11.8 Å². The summed E-state index contributed by atoms with van der Waals surface area (Å²) in [4.78, 5) is 11.1. The minimum absolute atomic E-state index is 0.0581. The minimum Gasteiger partial charge on any atom is -0.462 e. The number of carbonyl (C=O) groups is 1. The number of aliphatic hydroxyl groups is 1. The molecular formula is C9H16O3. The summed E-state index contributed by atoms with van der Waals surface area (Å²) in [6.07, 6.45) is 0.122. The normalized spacial score (nSPS) is 42.5. The Morgan fingerprint density at radius 1 is 1.50 bits per heavy atom. The Hall–Kier alpha value is -0.570. The summed E-state index contributed by atoms with van der Waals surface area (Å²) in [7, 11) is 0. The lowest BCUT2D eigenvalue weighted by atomic mass is 9.85. The average Bonchev–Trinajstić information content (AvgIpc) is 2.08. The monoisotopic (exact) mass is 172 g/mol. The second-order valence-corrected chi connectivity index (χ2v) is 3.52. The molecule has 1 rings (SSSR count). The van der Waals surface area contributed by atoms with Crippen LogP contribution in [0.1, 0.15) is 27.2 Å². The maximum Gasteiger partial charge on any atom is 0.311 e. The second kappa shape index (κ2) is 3.44. The van der Waals surface area contributed by atoms with Gasteiger partial charge in [-0.2, -0.15) is 0 Å². The maximum atomic E-state index is 11.1. The van der Waals surface area contributed by atoms with Crippen LogP contribution in [0.15, 0.2) is 0 Å². The quantitative estimate of drug-likeness (QED) is 0.599. The molecule has 1 aliphatic rings. The van der Waals surface area contributed by atoms with E-state index in [0.29, 0.717) is 0 Å². The lowest BCUT2D eigenvalue weighted by Crippen LogP contribution is -2.46. The number of ether oxygens (including phenoxy) is 1. The molecule has 0 amide bonds. The molecule has 0 spiro atoms. The SMILES string of the molecule is CC[C@H]1OC(=O)[C@@H](C)[C@@H](O)[C@@H]1C. The van der Waals surface area contributed by atoms with Crippen LogP contribution in [-0.4, -0.2) is 23.3 Å². The van der Waals surface area contributed by atoms with E-state index in [4.69, 9.17) is 4.74 Å². The molecule has 0 aliphatic carbocycles. The van der Waals surface area contributed by atoms with Crippen LogP contribution in [-0.2, 0) is 9.53 Å². The van der Waals surface area contributed by atoms with Gasteiger partial charge >= 0.3 is 5.97 Å². The van der Waals surface area contributed by atoms with Crippen LogP contribution in [0.25, 0.3) is 0 Å². The highest BCUT2D eigenvalue weighted by molar-refractivity contribution is 5.73. The largest absolute Gasteiger partial charge is 0.462 e. The molecule has 0 unspecified atom stereocenters. The van der Waals surface area contributed by atoms with Crippen LogP contribution in [0.5, 0.6) is 0 Å². The van der Waals surface area contributed by atoms with Crippen molar-refractivity contribution < 1.29 is 14.6 Å². The first-order valence-corrected chi connectivity index (χ1v) is 4.46. The predicted octanol–water partition coefficient (Wildman–Crippen LogP) is 0.955. The lowest BCUT2D eigenvalue weighted by molar-refractivity contribution is -0.177. The molecule has 4 atom stereocenters. The third-order valence-electron chi connectivity index (χ3n) is 2.68. The molecule has 12 heavy (non-hydrogen) atoms. The van der Waals surface area contributed by atoms with E-state index >= 15 is 0 Å². The molecule has 1 aliphatic heterocycles. The Morgan fingerprint density at radius 2 is 2.08 bits per heavy atom. The van der Waals surface area contributed by atoms with E-state index in [1.54, 1.807) is 6.92 Å². The molecule has 0 aromatic rings. The highest BCUT2D eigenvalue weighted by atomic mass is 16.5. The van der Waals surface area contributed by atoms with Gasteiger partial charge in [0.15, 0.2) is 0 Å². The van der Waals surface area contributed by atoms with E-state index in [1.165, 1.54) is 0 Å². The van der Waals surface area contributed by atoms with Crippen molar-refractivity contribution >= 4 is 5.97 Å². The Labute approximate surface area is 72.7 Å². The molecule has 0 aromatic carbocycles. The predicted molar refractivity (Wildman–Crippen MR) is 44.5 cm³/mol. The standard InChI is InChI=1S/C9H16O3/c1-4-7-5(2)8(10)6(3)9(11)12-7/h5-8,10H,4H2,1-3H3/t5-,6+,7-,8+/m1/s1. The van der Waals surface area contributed by atoms with Gasteiger partial charge in [-0.15, -0.1) is 0 Å². The molecule has 3 nitrogen and oxygen atoms in total. The Kier molecular flexibility index (Phi) is 2.73. The van der Waals surface area contributed by atoms with Crippen molar-refractivity contribution in [1.29, 1.82) is 0 Å². The molecular weight excluding hydrogens is 156 g/mol. The van der Waals surface area contributed by atoms with Crippen molar-refractivity contribution in [3.8, 4) is 0 Å². The first-order valence-electron chi connectivity index (χ1n) is 4.46. The molecule has 0 bridgehead atoms. The number of cyclic esters (lactones) is 1. The van der Waals surface area contributed by atoms with Crippen LogP contribution in [0.4, 0.5) is 0 Å². The van der Waals surface area contributed by atoms with Gasteiger partial charge < -0.3 is 9.84 Å². The van der Waals surface area contributed by atoms with Gasteiger partial charge in [0.2, 0.25) is 0 Å². The third-order valence-corrected chi connectivity index (χ3v) is 2.68. The van der Waals surface area contributed by atoms with Crippen molar-refractivity contribution in [2.45, 2.75) is 39.4 Å². The summed E-state index contributed by atoms with van der Waals surface area (Å²) < 4.78 is 5.13. The lowest BCUT2D eigenvalue weighted by Gasteiger charge is -2.35. The van der Waals surface area contributed by atoms with Crippen LogP contribution in [0.3, 0.4) is 0 Å². The van der Waals surface area contributed by atoms with Gasteiger partial charge in [0.05, 0.1) is 12.0 Å². The summed E-state index contributed by atoms with van der Waals surface area (Å²) >= 11 is 0. The van der Waals surface area contributed by atoms with Crippen LogP contribution < -0.4 is 0 Å². The van der Waals surface area contributed by atoms with E-state index in [-0.39, 0.29) is 23.9 Å². The fourth-order valence-corrected chi connectivity index (χ4v) is 1.63. The number of esters is 1. The highest BCUT2D eigenvalue weighted by Gasteiger charge is 2.39. The zero-order valence-electron chi connectivity index (χ0n) is 7.78. The molecule has 70 valence electrons. The maximum absolute atomic E-state index is 11.1. The van der Waals surface area contributed by atoms with E-state index in [0.717, 1.165) is 6.42 Å². The van der Waals surface area contributed by atoms with Gasteiger partial charge in [-0.1, -0.05) is 13.8 Å². The summed E-state index contributed by atoms with van der Waals surface area (Å²) in [6, 6.07) is 0. The van der Waals surface area contributed by atoms with Gasteiger partial charge in [-0.05, 0) is 13.3 Å². The minimum atomic E-state index is -0.545. The fourth-order valence-electron chi connectivity index (χ4n) is 1.63. The first kappa shape index (κ1) is 9.52. The molecule has 0 saturated carbocycles. The van der Waals surface area contributed by atoms with Crippen LogP contribution in [0.2, 0.25) is 0 Å². The molecule has 1 fully saturated rings. The van der Waals surface area contributed by atoms with E-state index in [9.17, 15) is 9.90 Å². The molecule has 1 N–H and O–H groups in total. The Morgan fingerprint density at radius 3 is 2.58 bits per heavy atom. The van der Waals surface area contributed by atoms with Gasteiger partial charge in [0, 0.05) is 5.92 Å². The van der Waals surface area contributed by atoms with E-state index in [2.05, 4.69) is 0 Å². The molecule has 0 aromatic heterocycles. The van der Waals surface area contributed by atoms with Gasteiger partial charge in [-0.3, -0.25) is 4.79 Å². The number of aliphatic hydroxyl groups excluding tert-OH is 1. The van der Waals surface area contributed by atoms with Crippen LogP contribution >= 0.6 is 0 Å². The van der Waals surface area contributed by atoms with E-state index in [1.807, 2.05) is 13.8 Å². The Bertz CT molecular complexity index is 177. The van der Waals surface area contributed by atoms with E-state index < -0.39 is 6.10 Å². The number of hydrogen-bond acceptors (Lipinski definition) is 3.